The van der Waals surface area contributed by atoms with Gasteiger partial charge in [-0.05, 0) is 30.6 Å². The van der Waals surface area contributed by atoms with E-state index < -0.39 is 6.04 Å². The van der Waals surface area contributed by atoms with E-state index in [2.05, 4.69) is 15.5 Å². The Morgan fingerprint density at radius 1 is 1.50 bits per heavy atom. The molecule has 8 heteroatoms. The molecule has 0 bridgehead atoms. The van der Waals surface area contributed by atoms with Crippen molar-refractivity contribution in [3.05, 3.63) is 30.2 Å². The SMILES string of the molecule is CSCC[C@H](N)C(=O)Nc1cccc(-c2noc(C)n2)c1.Cl. The van der Waals surface area contributed by atoms with Crippen LogP contribution in [0.1, 0.15) is 12.3 Å². The number of nitrogens with zero attached hydrogens (tertiary/aromatic N) is 2. The molecular weight excluding hydrogens is 324 g/mol. The van der Waals surface area contributed by atoms with Gasteiger partial charge in [-0.15, -0.1) is 12.4 Å². The number of halogens is 1. The Balaban J connectivity index is 0.00000242. The summed E-state index contributed by atoms with van der Waals surface area (Å²) in [7, 11) is 0. The molecule has 2 aromatic rings. The van der Waals surface area contributed by atoms with E-state index in [-0.39, 0.29) is 18.3 Å². The number of amides is 1. The summed E-state index contributed by atoms with van der Waals surface area (Å²) < 4.78 is 4.95. The van der Waals surface area contributed by atoms with Gasteiger partial charge in [0.2, 0.25) is 17.6 Å². The molecule has 0 radical (unpaired) electrons. The highest BCUT2D eigenvalue weighted by Crippen LogP contribution is 2.20. The molecule has 3 N–H and O–H groups in total. The van der Waals surface area contributed by atoms with E-state index >= 15 is 0 Å². The van der Waals surface area contributed by atoms with Gasteiger partial charge in [-0.25, -0.2) is 0 Å². The standard InChI is InChI=1S/C14H18N4O2S.ClH/c1-9-16-13(18-20-9)10-4-3-5-11(8-10)17-14(19)12(15)6-7-21-2;/h3-5,8,12H,6-7,15H2,1-2H3,(H,17,19);1H/t12-;/m0./s1. The van der Waals surface area contributed by atoms with Gasteiger partial charge in [0.15, 0.2) is 0 Å². The number of thioether (sulfide) groups is 1. The molecule has 0 aliphatic rings. The Morgan fingerprint density at radius 3 is 2.91 bits per heavy atom. The smallest absolute Gasteiger partial charge is 0.241 e. The lowest BCUT2D eigenvalue weighted by Crippen LogP contribution is -2.36. The van der Waals surface area contributed by atoms with Gasteiger partial charge in [-0.2, -0.15) is 16.7 Å². The Bertz CT molecular complexity index is 620. The van der Waals surface area contributed by atoms with E-state index in [1.54, 1.807) is 30.8 Å². The number of hydrogen-bond acceptors (Lipinski definition) is 6. The van der Waals surface area contributed by atoms with Crippen LogP contribution in [0.15, 0.2) is 28.8 Å². The molecule has 0 fully saturated rings. The number of anilines is 1. The zero-order chi connectivity index (χ0) is 15.2. The predicted octanol–water partition coefficient (Wildman–Crippen LogP) is 2.49. The highest BCUT2D eigenvalue weighted by atomic mass is 35.5. The van der Waals surface area contributed by atoms with Crippen LogP contribution < -0.4 is 11.1 Å². The maximum atomic E-state index is 12.0. The van der Waals surface area contributed by atoms with Gasteiger partial charge in [0.05, 0.1) is 6.04 Å². The number of carbonyl (C=O) groups is 1. The lowest BCUT2D eigenvalue weighted by molar-refractivity contribution is -0.117. The number of nitrogens with one attached hydrogen (secondary N) is 1. The van der Waals surface area contributed by atoms with Crippen LogP contribution in [-0.2, 0) is 4.79 Å². The maximum absolute atomic E-state index is 12.0. The molecular formula is C14H19ClN4O2S. The summed E-state index contributed by atoms with van der Waals surface area (Å²) in [6.07, 6.45) is 2.64. The lowest BCUT2D eigenvalue weighted by atomic mass is 10.1. The van der Waals surface area contributed by atoms with Crippen LogP contribution in [0.3, 0.4) is 0 Å². The molecule has 0 spiro atoms. The van der Waals surface area contributed by atoms with Gasteiger partial charge >= 0.3 is 0 Å². The van der Waals surface area contributed by atoms with Crippen molar-refractivity contribution >= 4 is 35.8 Å². The molecule has 1 amide bonds. The fourth-order valence-electron chi connectivity index (χ4n) is 1.76. The van der Waals surface area contributed by atoms with Crippen LogP contribution in [0.4, 0.5) is 5.69 Å². The quantitative estimate of drug-likeness (QED) is 0.837. The largest absolute Gasteiger partial charge is 0.339 e. The number of benzene rings is 1. The number of rotatable bonds is 6. The molecule has 120 valence electrons. The van der Waals surface area contributed by atoms with Crippen LogP contribution >= 0.6 is 24.2 Å². The van der Waals surface area contributed by atoms with E-state index in [1.165, 1.54) is 0 Å². The van der Waals surface area contributed by atoms with Gasteiger partial charge in [-0.3, -0.25) is 4.79 Å². The van der Waals surface area contributed by atoms with Crippen molar-refractivity contribution in [3.63, 3.8) is 0 Å². The Labute approximate surface area is 139 Å². The molecule has 1 heterocycles. The van der Waals surface area contributed by atoms with Crippen molar-refractivity contribution in [1.82, 2.24) is 10.1 Å². The summed E-state index contributed by atoms with van der Waals surface area (Å²) >= 11 is 1.67. The zero-order valence-electron chi connectivity index (χ0n) is 12.4. The van der Waals surface area contributed by atoms with Crippen LogP contribution in [0.25, 0.3) is 11.4 Å². The normalized spacial score (nSPS) is 11.6. The van der Waals surface area contributed by atoms with Crippen LogP contribution in [-0.4, -0.2) is 34.1 Å². The van der Waals surface area contributed by atoms with Crippen LogP contribution in [0.5, 0.6) is 0 Å². The summed E-state index contributed by atoms with van der Waals surface area (Å²) in [4.78, 5) is 16.1. The number of nitrogens with two attached hydrogens (primary N) is 1. The summed E-state index contributed by atoms with van der Waals surface area (Å²) in [6.45, 7) is 1.73. The molecule has 0 saturated carbocycles. The van der Waals surface area contributed by atoms with E-state index in [1.807, 2.05) is 18.4 Å². The second-order valence-corrected chi connectivity index (χ2v) is 5.58. The summed E-state index contributed by atoms with van der Waals surface area (Å²) in [5.41, 5.74) is 7.28. The van der Waals surface area contributed by atoms with Crippen molar-refractivity contribution < 1.29 is 9.32 Å². The molecule has 0 saturated heterocycles. The van der Waals surface area contributed by atoms with Crippen LogP contribution in [0.2, 0.25) is 0 Å². The number of aromatic nitrogens is 2. The number of hydrogen-bond donors (Lipinski definition) is 2. The van der Waals surface area contributed by atoms with Gasteiger partial charge in [0, 0.05) is 18.2 Å². The molecule has 1 aromatic heterocycles. The predicted molar refractivity (Wildman–Crippen MR) is 91.3 cm³/mol. The Morgan fingerprint density at radius 2 is 2.27 bits per heavy atom. The van der Waals surface area contributed by atoms with E-state index in [0.717, 1.165) is 11.3 Å². The lowest BCUT2D eigenvalue weighted by Gasteiger charge is -2.12. The minimum Gasteiger partial charge on any atom is -0.339 e. The summed E-state index contributed by atoms with van der Waals surface area (Å²) in [6, 6.07) is 6.77. The fraction of sp³-hybridized carbons (Fsp3) is 0.357. The van der Waals surface area contributed by atoms with Gasteiger partial charge < -0.3 is 15.6 Å². The first-order chi connectivity index (χ1) is 10.1. The Kier molecular flexibility index (Phi) is 7.37. The third kappa shape index (κ3) is 5.01. The topological polar surface area (TPSA) is 94.0 Å². The number of aryl methyl sites for hydroxylation is 1. The molecule has 2 rings (SSSR count). The molecule has 6 nitrogen and oxygen atoms in total. The highest BCUT2D eigenvalue weighted by molar-refractivity contribution is 7.98. The molecule has 1 aromatic carbocycles. The average molecular weight is 343 g/mol. The summed E-state index contributed by atoms with van der Waals surface area (Å²) in [5.74, 6) is 1.66. The first-order valence-corrected chi connectivity index (χ1v) is 7.95. The molecule has 0 aliphatic carbocycles. The first-order valence-electron chi connectivity index (χ1n) is 6.56. The highest BCUT2D eigenvalue weighted by Gasteiger charge is 2.14. The molecule has 1 atom stereocenters. The van der Waals surface area contributed by atoms with Crippen molar-refractivity contribution in [2.45, 2.75) is 19.4 Å². The molecule has 0 aliphatic heterocycles. The first kappa shape index (κ1) is 18.5. The maximum Gasteiger partial charge on any atom is 0.241 e. The van der Waals surface area contributed by atoms with Gasteiger partial charge in [0.25, 0.3) is 0 Å². The monoisotopic (exact) mass is 342 g/mol. The number of carbonyl (C=O) groups excluding carboxylic acids is 1. The third-order valence-corrected chi connectivity index (χ3v) is 3.53. The van der Waals surface area contributed by atoms with Gasteiger partial charge in [0.1, 0.15) is 0 Å². The molecule has 22 heavy (non-hydrogen) atoms. The fourth-order valence-corrected chi connectivity index (χ4v) is 2.25. The second-order valence-electron chi connectivity index (χ2n) is 4.60. The van der Waals surface area contributed by atoms with E-state index in [4.69, 9.17) is 10.3 Å². The van der Waals surface area contributed by atoms with Crippen molar-refractivity contribution in [2.75, 3.05) is 17.3 Å². The third-order valence-electron chi connectivity index (χ3n) is 2.89. The van der Waals surface area contributed by atoms with Crippen molar-refractivity contribution in [1.29, 1.82) is 0 Å². The van der Waals surface area contributed by atoms with E-state index in [9.17, 15) is 4.79 Å². The average Bonchev–Trinajstić information content (AvgIpc) is 2.91. The van der Waals surface area contributed by atoms with E-state index in [0.29, 0.717) is 23.8 Å². The van der Waals surface area contributed by atoms with Crippen LogP contribution in [0, 0.1) is 6.92 Å². The minimum atomic E-state index is -0.506. The zero-order valence-corrected chi connectivity index (χ0v) is 14.0. The molecule has 0 unspecified atom stereocenters. The van der Waals surface area contributed by atoms with Crippen molar-refractivity contribution in [3.8, 4) is 11.4 Å². The second kappa shape index (κ2) is 8.77. The summed E-state index contributed by atoms with van der Waals surface area (Å²) in [5, 5.41) is 6.66. The Hall–Kier alpha value is -1.57. The van der Waals surface area contributed by atoms with Crippen molar-refractivity contribution in [2.24, 2.45) is 5.73 Å². The minimum absolute atomic E-state index is 0. The van der Waals surface area contributed by atoms with Gasteiger partial charge in [-0.1, -0.05) is 17.3 Å².